The summed E-state index contributed by atoms with van der Waals surface area (Å²) in [6.07, 6.45) is 3.66. The van der Waals surface area contributed by atoms with Crippen molar-refractivity contribution in [2.45, 2.75) is 25.2 Å². The summed E-state index contributed by atoms with van der Waals surface area (Å²) in [5, 5.41) is 13.2. The number of likely N-dealkylation sites (tertiary alicyclic amines) is 1. The van der Waals surface area contributed by atoms with Crippen LogP contribution in [0, 0.1) is 0 Å². The van der Waals surface area contributed by atoms with Gasteiger partial charge in [0.15, 0.2) is 0 Å². The SMILES string of the molecule is O=C(c1cn[nH]c1Cc1ccccc1)N1CCC(c2n[nH]c(=O)o2)CC1. The second-order valence-corrected chi connectivity index (χ2v) is 6.44. The van der Waals surface area contributed by atoms with Crippen molar-refractivity contribution in [1.29, 1.82) is 0 Å². The van der Waals surface area contributed by atoms with Gasteiger partial charge >= 0.3 is 5.76 Å². The molecule has 3 heterocycles. The van der Waals surface area contributed by atoms with Gasteiger partial charge in [-0.15, -0.1) is 5.10 Å². The highest BCUT2D eigenvalue weighted by atomic mass is 16.4. The number of aromatic amines is 2. The zero-order valence-electron chi connectivity index (χ0n) is 14.1. The van der Waals surface area contributed by atoms with Crippen molar-refractivity contribution in [2.75, 3.05) is 13.1 Å². The normalized spacial score (nSPS) is 15.3. The van der Waals surface area contributed by atoms with Crippen molar-refractivity contribution in [3.8, 4) is 0 Å². The van der Waals surface area contributed by atoms with Crippen LogP contribution in [0.25, 0.3) is 0 Å². The first-order valence-electron chi connectivity index (χ1n) is 8.61. The van der Waals surface area contributed by atoms with Gasteiger partial charge in [-0.25, -0.2) is 9.89 Å². The number of carbonyl (C=O) groups excluding carboxylic acids is 1. The van der Waals surface area contributed by atoms with Crippen LogP contribution in [0.3, 0.4) is 0 Å². The highest BCUT2D eigenvalue weighted by Gasteiger charge is 2.28. The predicted molar refractivity (Wildman–Crippen MR) is 92.8 cm³/mol. The number of nitrogens with zero attached hydrogens (tertiary/aromatic N) is 3. The number of rotatable bonds is 4. The van der Waals surface area contributed by atoms with Gasteiger partial charge in [0.25, 0.3) is 5.91 Å². The molecule has 0 bridgehead atoms. The highest BCUT2D eigenvalue weighted by Crippen LogP contribution is 2.27. The van der Waals surface area contributed by atoms with E-state index in [1.807, 2.05) is 35.2 Å². The minimum absolute atomic E-state index is 0.0217. The first-order valence-corrected chi connectivity index (χ1v) is 8.61. The molecule has 0 atom stereocenters. The molecule has 0 radical (unpaired) electrons. The first kappa shape index (κ1) is 16.3. The van der Waals surface area contributed by atoms with Crippen LogP contribution >= 0.6 is 0 Å². The second-order valence-electron chi connectivity index (χ2n) is 6.44. The van der Waals surface area contributed by atoms with Crippen molar-refractivity contribution in [2.24, 2.45) is 0 Å². The van der Waals surface area contributed by atoms with E-state index in [1.165, 1.54) is 0 Å². The molecule has 1 saturated heterocycles. The molecule has 1 aliphatic heterocycles. The van der Waals surface area contributed by atoms with E-state index in [1.54, 1.807) is 6.20 Å². The van der Waals surface area contributed by atoms with E-state index in [9.17, 15) is 9.59 Å². The first-order chi connectivity index (χ1) is 12.7. The lowest BCUT2D eigenvalue weighted by molar-refractivity contribution is 0.0705. The Kier molecular flexibility index (Phi) is 4.39. The molecule has 8 heteroatoms. The third-order valence-corrected chi connectivity index (χ3v) is 4.76. The molecule has 2 N–H and O–H groups in total. The van der Waals surface area contributed by atoms with Gasteiger partial charge in [0.1, 0.15) is 0 Å². The second kappa shape index (κ2) is 6.99. The molecule has 134 valence electrons. The summed E-state index contributed by atoms with van der Waals surface area (Å²) in [4.78, 5) is 25.8. The Balaban J connectivity index is 1.43. The maximum absolute atomic E-state index is 12.9. The zero-order valence-corrected chi connectivity index (χ0v) is 14.1. The maximum atomic E-state index is 12.9. The van der Waals surface area contributed by atoms with Gasteiger partial charge in [0.05, 0.1) is 17.5 Å². The molecular formula is C18H19N5O3. The molecule has 0 spiro atoms. The molecule has 0 unspecified atom stereocenters. The van der Waals surface area contributed by atoms with Crippen LogP contribution in [0.1, 0.15) is 46.3 Å². The van der Waals surface area contributed by atoms with Gasteiger partial charge in [0.2, 0.25) is 5.89 Å². The van der Waals surface area contributed by atoms with Gasteiger partial charge in [-0.1, -0.05) is 30.3 Å². The lowest BCUT2D eigenvalue weighted by atomic mass is 9.96. The molecule has 8 nitrogen and oxygen atoms in total. The average molecular weight is 353 g/mol. The largest absolute Gasteiger partial charge is 0.434 e. The number of amides is 1. The number of piperidine rings is 1. The number of aromatic nitrogens is 4. The van der Waals surface area contributed by atoms with Crippen LogP contribution in [-0.2, 0) is 6.42 Å². The Hall–Kier alpha value is -3.16. The quantitative estimate of drug-likeness (QED) is 0.742. The molecule has 1 aliphatic rings. The molecule has 1 amide bonds. The summed E-state index contributed by atoms with van der Waals surface area (Å²) in [6.45, 7) is 1.19. The van der Waals surface area contributed by atoms with E-state index in [4.69, 9.17) is 4.42 Å². The molecule has 4 rings (SSSR count). The summed E-state index contributed by atoms with van der Waals surface area (Å²) in [5.41, 5.74) is 2.55. The number of hydrogen-bond donors (Lipinski definition) is 2. The molecule has 3 aromatic rings. The highest BCUT2D eigenvalue weighted by molar-refractivity contribution is 5.95. The van der Waals surface area contributed by atoms with E-state index in [0.29, 0.717) is 43.8 Å². The summed E-state index contributed by atoms with van der Waals surface area (Å²) >= 11 is 0. The van der Waals surface area contributed by atoms with Gasteiger partial charge in [0, 0.05) is 25.4 Å². The lowest BCUT2D eigenvalue weighted by Crippen LogP contribution is -2.38. The third-order valence-electron chi connectivity index (χ3n) is 4.76. The van der Waals surface area contributed by atoms with Crippen molar-refractivity contribution >= 4 is 5.91 Å². The smallest absolute Gasteiger partial charge is 0.392 e. The maximum Gasteiger partial charge on any atom is 0.434 e. The number of H-pyrrole nitrogens is 2. The predicted octanol–water partition coefficient (Wildman–Crippen LogP) is 1.70. The molecule has 26 heavy (non-hydrogen) atoms. The molecule has 1 fully saturated rings. The average Bonchev–Trinajstić information content (AvgIpc) is 3.31. The fourth-order valence-corrected chi connectivity index (χ4v) is 3.35. The van der Waals surface area contributed by atoms with Crippen molar-refractivity contribution < 1.29 is 9.21 Å². The van der Waals surface area contributed by atoms with E-state index < -0.39 is 5.76 Å². The van der Waals surface area contributed by atoms with Crippen LogP contribution in [0.15, 0.2) is 45.7 Å². The Labute approximate surface area is 149 Å². The molecule has 0 saturated carbocycles. The Morgan fingerprint density at radius 1 is 1.19 bits per heavy atom. The number of benzene rings is 1. The molecule has 1 aromatic carbocycles. The van der Waals surface area contributed by atoms with Gasteiger partial charge in [-0.2, -0.15) is 5.10 Å². The van der Waals surface area contributed by atoms with Crippen LogP contribution in [0.5, 0.6) is 0 Å². The topological polar surface area (TPSA) is 108 Å². The number of nitrogens with one attached hydrogen (secondary N) is 2. The van der Waals surface area contributed by atoms with E-state index in [0.717, 1.165) is 11.3 Å². The van der Waals surface area contributed by atoms with Crippen molar-refractivity contribution in [1.82, 2.24) is 25.3 Å². The van der Waals surface area contributed by atoms with E-state index in [-0.39, 0.29) is 11.8 Å². The van der Waals surface area contributed by atoms with Crippen LogP contribution in [-0.4, -0.2) is 44.3 Å². The Bertz CT molecular complexity index is 935. The van der Waals surface area contributed by atoms with Crippen molar-refractivity contribution in [3.05, 3.63) is 69.8 Å². The summed E-state index contributed by atoms with van der Waals surface area (Å²) in [6, 6.07) is 9.97. The molecule has 2 aromatic heterocycles. The third kappa shape index (κ3) is 3.30. The molecule has 0 aliphatic carbocycles. The number of hydrogen-bond acceptors (Lipinski definition) is 5. The molecular weight excluding hydrogens is 334 g/mol. The number of carbonyl (C=O) groups is 1. The van der Waals surface area contributed by atoms with Crippen molar-refractivity contribution in [3.63, 3.8) is 0 Å². The zero-order chi connectivity index (χ0) is 17.9. The minimum Gasteiger partial charge on any atom is -0.392 e. The van der Waals surface area contributed by atoms with Gasteiger partial charge in [-0.3, -0.25) is 9.89 Å². The summed E-state index contributed by atoms with van der Waals surface area (Å²) < 4.78 is 5.04. The summed E-state index contributed by atoms with van der Waals surface area (Å²) in [5.74, 6) is -0.0737. The minimum atomic E-state index is -0.539. The Morgan fingerprint density at radius 3 is 2.65 bits per heavy atom. The van der Waals surface area contributed by atoms with E-state index >= 15 is 0 Å². The van der Waals surface area contributed by atoms with Crippen LogP contribution < -0.4 is 5.76 Å². The standard InChI is InChI=1S/C18H19N5O3/c24-17(14-11-19-20-15(14)10-12-4-2-1-3-5-12)23-8-6-13(7-9-23)16-21-22-18(25)26-16/h1-5,11,13H,6-10H2,(H,19,20)(H,22,25). The summed E-state index contributed by atoms with van der Waals surface area (Å²) in [7, 11) is 0. The fourth-order valence-electron chi connectivity index (χ4n) is 3.35. The van der Waals surface area contributed by atoms with Crippen LogP contribution in [0.2, 0.25) is 0 Å². The van der Waals surface area contributed by atoms with E-state index in [2.05, 4.69) is 20.4 Å². The fraction of sp³-hybridized carbons (Fsp3) is 0.333. The van der Waals surface area contributed by atoms with Gasteiger partial charge in [-0.05, 0) is 18.4 Å². The lowest BCUT2D eigenvalue weighted by Gasteiger charge is -2.30. The monoisotopic (exact) mass is 353 g/mol. The van der Waals surface area contributed by atoms with Gasteiger partial charge < -0.3 is 9.32 Å². The van der Waals surface area contributed by atoms with Crippen LogP contribution in [0.4, 0.5) is 0 Å². The Morgan fingerprint density at radius 2 is 1.96 bits per heavy atom.